The Labute approximate surface area is 175 Å². The minimum Gasteiger partial charge on any atom is -0.324 e. The SMILES string of the molecule is O=P(O)(O)CCCNCc1cc(F)c(CCCCCCc2cccc(F)c2)cc1F. The van der Waals surface area contributed by atoms with E-state index in [2.05, 4.69) is 5.32 Å². The summed E-state index contributed by atoms with van der Waals surface area (Å²) in [4.78, 5) is 17.6. The van der Waals surface area contributed by atoms with Crippen molar-refractivity contribution >= 4 is 7.60 Å². The molecule has 166 valence electrons. The number of hydrogen-bond donors (Lipinski definition) is 3. The van der Waals surface area contributed by atoms with Crippen molar-refractivity contribution in [1.29, 1.82) is 0 Å². The number of nitrogens with one attached hydrogen (secondary N) is 1. The van der Waals surface area contributed by atoms with E-state index >= 15 is 0 Å². The minimum absolute atomic E-state index is 0.101. The molecule has 0 aromatic heterocycles. The van der Waals surface area contributed by atoms with Crippen LogP contribution in [0, 0.1) is 17.5 Å². The number of unbranched alkanes of at least 4 members (excludes halogenated alkanes) is 3. The summed E-state index contributed by atoms with van der Waals surface area (Å²) in [6, 6.07) is 8.97. The molecular formula is C22H29F3NO3P. The summed E-state index contributed by atoms with van der Waals surface area (Å²) in [6.07, 6.45) is 4.78. The fourth-order valence-electron chi connectivity index (χ4n) is 3.28. The molecule has 0 spiro atoms. The summed E-state index contributed by atoms with van der Waals surface area (Å²) in [7, 11) is -4.03. The lowest BCUT2D eigenvalue weighted by Gasteiger charge is -2.10. The Kier molecular flexibility index (Phi) is 10.1. The summed E-state index contributed by atoms with van der Waals surface area (Å²) in [5.41, 5.74) is 1.51. The topological polar surface area (TPSA) is 69.6 Å². The quantitative estimate of drug-likeness (QED) is 0.297. The van der Waals surface area contributed by atoms with Gasteiger partial charge >= 0.3 is 7.60 Å². The highest BCUT2D eigenvalue weighted by atomic mass is 31.2. The monoisotopic (exact) mass is 443 g/mol. The Balaban J connectivity index is 1.68. The van der Waals surface area contributed by atoms with Crippen molar-refractivity contribution in [2.24, 2.45) is 0 Å². The molecule has 0 atom stereocenters. The zero-order chi connectivity index (χ0) is 22.0. The van der Waals surface area contributed by atoms with Crippen molar-refractivity contribution in [3.8, 4) is 0 Å². The van der Waals surface area contributed by atoms with Gasteiger partial charge in [-0.1, -0.05) is 25.0 Å². The average Bonchev–Trinajstić information content (AvgIpc) is 2.66. The zero-order valence-electron chi connectivity index (χ0n) is 16.9. The van der Waals surface area contributed by atoms with Crippen LogP contribution in [0.25, 0.3) is 0 Å². The van der Waals surface area contributed by atoms with Crippen LogP contribution < -0.4 is 5.32 Å². The molecule has 0 amide bonds. The van der Waals surface area contributed by atoms with Gasteiger partial charge < -0.3 is 15.1 Å². The van der Waals surface area contributed by atoms with E-state index in [9.17, 15) is 17.7 Å². The first kappa shape index (κ1) is 24.6. The molecule has 0 saturated carbocycles. The van der Waals surface area contributed by atoms with Crippen molar-refractivity contribution in [3.05, 3.63) is 70.5 Å². The molecule has 0 saturated heterocycles. The van der Waals surface area contributed by atoms with Gasteiger partial charge in [0.25, 0.3) is 0 Å². The Morgan fingerprint density at radius 3 is 2.20 bits per heavy atom. The first-order valence-electron chi connectivity index (χ1n) is 10.2. The van der Waals surface area contributed by atoms with Gasteiger partial charge in [-0.25, -0.2) is 13.2 Å². The number of aryl methyl sites for hydroxylation is 2. The summed E-state index contributed by atoms with van der Waals surface area (Å²) in [5.74, 6) is -1.16. The van der Waals surface area contributed by atoms with Crippen LogP contribution in [-0.2, 0) is 24.0 Å². The van der Waals surface area contributed by atoms with Crippen LogP contribution >= 0.6 is 7.60 Å². The smallest absolute Gasteiger partial charge is 0.324 e. The van der Waals surface area contributed by atoms with Crippen LogP contribution in [0.15, 0.2) is 36.4 Å². The maximum Gasteiger partial charge on any atom is 0.325 e. The molecule has 2 rings (SSSR count). The van der Waals surface area contributed by atoms with Crippen LogP contribution in [0.1, 0.15) is 48.8 Å². The number of hydrogen-bond acceptors (Lipinski definition) is 2. The molecule has 2 aromatic rings. The first-order chi connectivity index (χ1) is 14.2. The van der Waals surface area contributed by atoms with E-state index in [-0.39, 0.29) is 30.5 Å². The Morgan fingerprint density at radius 1 is 0.833 bits per heavy atom. The predicted molar refractivity (Wildman–Crippen MR) is 112 cm³/mol. The highest BCUT2D eigenvalue weighted by molar-refractivity contribution is 7.51. The fourth-order valence-corrected chi connectivity index (χ4v) is 3.85. The fraction of sp³-hybridized carbons (Fsp3) is 0.455. The van der Waals surface area contributed by atoms with Crippen molar-refractivity contribution in [3.63, 3.8) is 0 Å². The van der Waals surface area contributed by atoms with Gasteiger partial charge in [0.1, 0.15) is 17.5 Å². The highest BCUT2D eigenvalue weighted by Gasteiger charge is 2.12. The molecule has 0 aliphatic rings. The van der Waals surface area contributed by atoms with Crippen molar-refractivity contribution < 1.29 is 27.5 Å². The third-order valence-electron chi connectivity index (χ3n) is 4.88. The predicted octanol–water partition coefficient (Wildman–Crippen LogP) is 5.11. The van der Waals surface area contributed by atoms with E-state index in [4.69, 9.17) is 9.79 Å². The third-order valence-corrected chi connectivity index (χ3v) is 5.78. The van der Waals surface area contributed by atoms with E-state index in [0.717, 1.165) is 37.7 Å². The molecule has 30 heavy (non-hydrogen) atoms. The van der Waals surface area contributed by atoms with Gasteiger partial charge in [0.05, 0.1) is 6.16 Å². The van der Waals surface area contributed by atoms with E-state index in [0.29, 0.717) is 18.5 Å². The molecule has 0 unspecified atom stereocenters. The van der Waals surface area contributed by atoms with Gasteiger partial charge in [-0.2, -0.15) is 0 Å². The minimum atomic E-state index is -4.03. The van der Waals surface area contributed by atoms with Crippen LogP contribution in [0.4, 0.5) is 13.2 Å². The highest BCUT2D eigenvalue weighted by Crippen LogP contribution is 2.34. The number of benzene rings is 2. The molecule has 3 N–H and O–H groups in total. The molecule has 8 heteroatoms. The van der Waals surface area contributed by atoms with E-state index < -0.39 is 19.2 Å². The van der Waals surface area contributed by atoms with Gasteiger partial charge in [-0.15, -0.1) is 0 Å². The zero-order valence-corrected chi connectivity index (χ0v) is 17.8. The molecule has 2 aromatic carbocycles. The normalized spacial score (nSPS) is 11.8. The van der Waals surface area contributed by atoms with Gasteiger partial charge in [0, 0.05) is 12.1 Å². The van der Waals surface area contributed by atoms with E-state index in [1.54, 1.807) is 6.07 Å². The van der Waals surface area contributed by atoms with Gasteiger partial charge in [0.2, 0.25) is 0 Å². The lowest BCUT2D eigenvalue weighted by molar-refractivity contribution is 0.371. The Morgan fingerprint density at radius 2 is 1.50 bits per heavy atom. The second-order valence-corrected chi connectivity index (χ2v) is 9.27. The van der Waals surface area contributed by atoms with Gasteiger partial charge in [-0.05, 0) is 74.0 Å². The molecule has 0 aliphatic heterocycles. The van der Waals surface area contributed by atoms with Crippen LogP contribution in [0.2, 0.25) is 0 Å². The van der Waals surface area contributed by atoms with Gasteiger partial charge in [0.15, 0.2) is 0 Å². The standard InChI is InChI=1S/C22H29F3NO3P/c23-20-10-5-8-17(13-20)7-3-1-2-4-9-18-14-22(25)19(15-21(18)24)16-26-11-6-12-30(27,28)29/h5,8,10,13-15,26H,1-4,6-7,9,11-12,16H2,(H2,27,28,29). The van der Waals surface area contributed by atoms with Crippen molar-refractivity contribution in [2.45, 2.75) is 51.5 Å². The van der Waals surface area contributed by atoms with E-state index in [1.807, 2.05) is 6.07 Å². The maximum absolute atomic E-state index is 14.3. The molecule has 0 aliphatic carbocycles. The van der Waals surface area contributed by atoms with Crippen LogP contribution in [0.5, 0.6) is 0 Å². The maximum atomic E-state index is 14.3. The first-order valence-corrected chi connectivity index (χ1v) is 12.0. The molecule has 0 radical (unpaired) electrons. The van der Waals surface area contributed by atoms with Crippen molar-refractivity contribution in [2.75, 3.05) is 12.7 Å². The summed E-state index contributed by atoms with van der Waals surface area (Å²) in [5, 5.41) is 2.87. The second-order valence-electron chi connectivity index (χ2n) is 7.50. The van der Waals surface area contributed by atoms with Crippen LogP contribution in [0.3, 0.4) is 0 Å². The summed E-state index contributed by atoms with van der Waals surface area (Å²) < 4.78 is 52.4. The number of halogens is 3. The second kappa shape index (κ2) is 12.3. The summed E-state index contributed by atoms with van der Waals surface area (Å²) in [6.45, 7) is 0.411. The van der Waals surface area contributed by atoms with Crippen LogP contribution in [-0.4, -0.2) is 22.5 Å². The molecule has 0 fully saturated rings. The lowest BCUT2D eigenvalue weighted by atomic mass is 10.0. The molecule has 0 bridgehead atoms. The Bertz CT molecular complexity index is 858. The van der Waals surface area contributed by atoms with E-state index in [1.165, 1.54) is 24.3 Å². The number of rotatable bonds is 13. The van der Waals surface area contributed by atoms with Crippen molar-refractivity contribution in [1.82, 2.24) is 5.32 Å². The largest absolute Gasteiger partial charge is 0.325 e. The summed E-state index contributed by atoms with van der Waals surface area (Å²) >= 11 is 0. The van der Waals surface area contributed by atoms with Gasteiger partial charge in [-0.3, -0.25) is 4.57 Å². The average molecular weight is 443 g/mol. The molecule has 4 nitrogen and oxygen atoms in total. The third kappa shape index (κ3) is 9.43. The Hall–Kier alpha value is -1.66. The molecular weight excluding hydrogens is 414 g/mol. The molecule has 0 heterocycles. The lowest BCUT2D eigenvalue weighted by Crippen LogP contribution is -2.17.